The molecule has 2 heterocycles. The molecule has 2 aliphatic heterocycles. The first-order chi connectivity index (χ1) is 17.6. The molecule has 9 heteroatoms. The van der Waals surface area contributed by atoms with E-state index in [1.54, 1.807) is 41.3 Å². The zero-order valence-electron chi connectivity index (χ0n) is 21.3. The Morgan fingerprint density at radius 3 is 2.35 bits per heavy atom. The molecular weight excluding hydrogens is 474 g/mol. The Morgan fingerprint density at radius 1 is 0.973 bits per heavy atom. The molecule has 1 fully saturated rings. The number of piperidine rings is 1. The predicted molar refractivity (Wildman–Crippen MR) is 135 cm³/mol. The van der Waals surface area contributed by atoms with Crippen LogP contribution in [-0.2, 0) is 4.79 Å². The van der Waals surface area contributed by atoms with Crippen LogP contribution in [0, 0.1) is 11.8 Å². The fourth-order valence-corrected chi connectivity index (χ4v) is 4.68. The number of imide groups is 1. The second kappa shape index (κ2) is 10.9. The lowest BCUT2D eigenvalue weighted by Crippen LogP contribution is -2.41. The van der Waals surface area contributed by atoms with Crippen LogP contribution in [0.25, 0.3) is 0 Å². The quantitative estimate of drug-likeness (QED) is 0.351. The Bertz CT molecular complexity index is 1250. The number of fused-ring (bicyclic) bond motifs is 1. The van der Waals surface area contributed by atoms with Crippen molar-refractivity contribution >= 4 is 29.6 Å². The molecule has 1 N–H and O–H groups in total. The van der Waals surface area contributed by atoms with Crippen LogP contribution in [0.1, 0.15) is 75.0 Å². The average Bonchev–Trinajstić information content (AvgIpc) is 3.10. The van der Waals surface area contributed by atoms with Gasteiger partial charge in [-0.05, 0) is 61.1 Å². The summed E-state index contributed by atoms with van der Waals surface area (Å²) in [4.78, 5) is 65.1. The van der Waals surface area contributed by atoms with E-state index in [2.05, 4.69) is 5.32 Å². The molecule has 194 valence electrons. The minimum Gasteiger partial charge on any atom is -0.427 e. The van der Waals surface area contributed by atoms with Crippen molar-refractivity contribution < 1.29 is 28.7 Å². The molecule has 0 aliphatic carbocycles. The first-order valence-electron chi connectivity index (χ1n) is 12.5. The maximum Gasteiger partial charge on any atom is 0.308 e. The molecule has 37 heavy (non-hydrogen) atoms. The number of nitrogens with zero attached hydrogens (tertiary/aromatic N) is 2. The van der Waals surface area contributed by atoms with Gasteiger partial charge in [0.2, 0.25) is 0 Å². The summed E-state index contributed by atoms with van der Waals surface area (Å²) in [5.74, 6) is -0.857. The molecule has 0 spiro atoms. The van der Waals surface area contributed by atoms with E-state index in [-0.39, 0.29) is 41.0 Å². The number of ether oxygens (including phenoxy) is 1. The number of benzene rings is 2. The Balaban J connectivity index is 1.29. The van der Waals surface area contributed by atoms with Crippen molar-refractivity contribution in [2.24, 2.45) is 11.8 Å². The Labute approximate surface area is 215 Å². The van der Waals surface area contributed by atoms with Crippen molar-refractivity contribution in [2.45, 2.75) is 33.6 Å². The van der Waals surface area contributed by atoms with Gasteiger partial charge in [0.25, 0.3) is 23.6 Å². The summed E-state index contributed by atoms with van der Waals surface area (Å²) < 4.78 is 5.07. The van der Waals surface area contributed by atoms with Crippen LogP contribution < -0.4 is 10.1 Å². The third-order valence-corrected chi connectivity index (χ3v) is 6.58. The normalized spacial score (nSPS) is 15.7. The van der Waals surface area contributed by atoms with Gasteiger partial charge < -0.3 is 15.0 Å². The molecule has 0 atom stereocenters. The van der Waals surface area contributed by atoms with Crippen LogP contribution in [0.4, 0.5) is 0 Å². The maximum absolute atomic E-state index is 12.9. The summed E-state index contributed by atoms with van der Waals surface area (Å²) in [6.07, 6.45) is 1.47. The number of likely N-dealkylation sites (tertiary alicyclic amines) is 1. The first kappa shape index (κ1) is 26.1. The van der Waals surface area contributed by atoms with Crippen LogP contribution in [0.15, 0.2) is 42.5 Å². The second-order valence-electron chi connectivity index (χ2n) is 9.94. The first-order valence-corrected chi connectivity index (χ1v) is 12.5. The fraction of sp³-hybridized carbons (Fsp3) is 0.393. The van der Waals surface area contributed by atoms with Gasteiger partial charge in [0.1, 0.15) is 5.75 Å². The average molecular weight is 506 g/mol. The molecular formula is C28H31N3O6. The number of amides is 4. The number of nitrogens with one attached hydrogen (secondary N) is 1. The van der Waals surface area contributed by atoms with Gasteiger partial charge in [0, 0.05) is 44.2 Å². The molecule has 0 bridgehead atoms. The largest absolute Gasteiger partial charge is 0.427 e. The van der Waals surface area contributed by atoms with Crippen LogP contribution in [0.5, 0.6) is 5.75 Å². The topological polar surface area (TPSA) is 113 Å². The molecule has 1 saturated heterocycles. The standard InChI is InChI=1S/C28H31N3O6/c1-17(2)16-31-27(35)23-8-7-20(14-24(23)28(31)36)25(33)29-15-19-9-11-30(12-10-19)26(34)21-5-4-6-22(13-21)37-18(3)32/h4-8,13-14,17,19H,9-12,15-16H2,1-3H3,(H,29,33). The van der Waals surface area contributed by atoms with Gasteiger partial charge in [-0.15, -0.1) is 0 Å². The SMILES string of the molecule is CC(=O)Oc1cccc(C(=O)N2CCC(CNC(=O)c3ccc4c(c3)C(=O)N(CC(C)C)C4=O)CC2)c1. The van der Waals surface area contributed by atoms with Gasteiger partial charge in [0.05, 0.1) is 11.1 Å². The van der Waals surface area contributed by atoms with E-state index in [0.717, 1.165) is 12.8 Å². The predicted octanol–water partition coefficient (Wildman–Crippen LogP) is 3.15. The Hall–Kier alpha value is -4.01. The van der Waals surface area contributed by atoms with E-state index in [9.17, 15) is 24.0 Å². The summed E-state index contributed by atoms with van der Waals surface area (Å²) in [5.41, 5.74) is 1.40. The molecule has 2 aliphatic rings. The highest BCUT2D eigenvalue weighted by molar-refractivity contribution is 6.22. The molecule has 0 aromatic heterocycles. The lowest BCUT2D eigenvalue weighted by atomic mass is 9.96. The van der Waals surface area contributed by atoms with Crippen LogP contribution >= 0.6 is 0 Å². The van der Waals surface area contributed by atoms with Crippen molar-refractivity contribution in [3.8, 4) is 5.75 Å². The van der Waals surface area contributed by atoms with Gasteiger partial charge in [-0.25, -0.2) is 0 Å². The summed E-state index contributed by atoms with van der Waals surface area (Å²) >= 11 is 0. The van der Waals surface area contributed by atoms with Crippen molar-refractivity contribution in [1.82, 2.24) is 15.1 Å². The van der Waals surface area contributed by atoms with Crippen molar-refractivity contribution in [2.75, 3.05) is 26.2 Å². The van der Waals surface area contributed by atoms with E-state index in [0.29, 0.717) is 48.6 Å². The Morgan fingerprint density at radius 2 is 1.68 bits per heavy atom. The zero-order chi connectivity index (χ0) is 26.7. The molecule has 9 nitrogen and oxygen atoms in total. The van der Waals surface area contributed by atoms with Crippen LogP contribution in [0.3, 0.4) is 0 Å². The summed E-state index contributed by atoms with van der Waals surface area (Å²) in [5, 5.41) is 2.93. The maximum atomic E-state index is 12.9. The van der Waals surface area contributed by atoms with E-state index in [1.165, 1.54) is 17.9 Å². The zero-order valence-corrected chi connectivity index (χ0v) is 21.3. The molecule has 0 radical (unpaired) electrons. The van der Waals surface area contributed by atoms with E-state index < -0.39 is 5.97 Å². The molecule has 4 amide bonds. The van der Waals surface area contributed by atoms with Crippen molar-refractivity contribution in [3.05, 3.63) is 64.7 Å². The third kappa shape index (κ3) is 5.87. The van der Waals surface area contributed by atoms with E-state index in [4.69, 9.17) is 4.74 Å². The molecule has 2 aromatic rings. The Kier molecular flexibility index (Phi) is 7.71. The third-order valence-electron chi connectivity index (χ3n) is 6.58. The smallest absolute Gasteiger partial charge is 0.308 e. The van der Waals surface area contributed by atoms with Crippen LogP contribution in [-0.4, -0.2) is 65.6 Å². The number of carbonyl (C=O) groups excluding carboxylic acids is 5. The number of rotatable bonds is 7. The van der Waals surface area contributed by atoms with Crippen LogP contribution in [0.2, 0.25) is 0 Å². The number of esters is 1. The molecule has 2 aromatic carbocycles. The lowest BCUT2D eigenvalue weighted by Gasteiger charge is -2.32. The van der Waals surface area contributed by atoms with Gasteiger partial charge in [0.15, 0.2) is 0 Å². The fourth-order valence-electron chi connectivity index (χ4n) is 4.68. The monoisotopic (exact) mass is 505 g/mol. The van der Waals surface area contributed by atoms with Crippen molar-refractivity contribution in [3.63, 3.8) is 0 Å². The second-order valence-corrected chi connectivity index (χ2v) is 9.94. The molecule has 4 rings (SSSR count). The minimum absolute atomic E-state index is 0.125. The minimum atomic E-state index is -0.444. The number of hydrogen-bond donors (Lipinski definition) is 1. The summed E-state index contributed by atoms with van der Waals surface area (Å²) in [6.45, 7) is 7.08. The molecule has 0 saturated carbocycles. The van der Waals surface area contributed by atoms with Gasteiger partial charge >= 0.3 is 5.97 Å². The van der Waals surface area contributed by atoms with Gasteiger partial charge in [-0.3, -0.25) is 28.9 Å². The summed E-state index contributed by atoms with van der Waals surface area (Å²) in [6, 6.07) is 11.2. The highest BCUT2D eigenvalue weighted by atomic mass is 16.5. The van der Waals surface area contributed by atoms with E-state index in [1.807, 2.05) is 13.8 Å². The highest BCUT2D eigenvalue weighted by Crippen LogP contribution is 2.25. The lowest BCUT2D eigenvalue weighted by molar-refractivity contribution is -0.131. The number of hydrogen-bond acceptors (Lipinski definition) is 6. The number of carbonyl (C=O) groups is 5. The van der Waals surface area contributed by atoms with E-state index >= 15 is 0 Å². The highest BCUT2D eigenvalue weighted by Gasteiger charge is 2.36. The molecule has 0 unspecified atom stereocenters. The van der Waals surface area contributed by atoms with Crippen molar-refractivity contribution in [1.29, 1.82) is 0 Å². The van der Waals surface area contributed by atoms with Gasteiger partial charge in [-0.2, -0.15) is 0 Å². The van der Waals surface area contributed by atoms with Gasteiger partial charge in [-0.1, -0.05) is 19.9 Å². The summed E-state index contributed by atoms with van der Waals surface area (Å²) in [7, 11) is 0.